The molecule has 1 aliphatic rings. The van der Waals surface area contributed by atoms with E-state index in [1.165, 1.54) is 0 Å². The normalized spacial score (nSPS) is 14.4. The lowest BCUT2D eigenvalue weighted by Gasteiger charge is -2.18. The minimum Gasteiger partial charge on any atom is -0.481 e. The summed E-state index contributed by atoms with van der Waals surface area (Å²) in [5.41, 5.74) is 7.96. The first-order valence-corrected chi connectivity index (χ1v) is 9.60. The minimum atomic E-state index is -0.778. The van der Waals surface area contributed by atoms with E-state index in [0.29, 0.717) is 24.3 Å². The molecule has 0 radical (unpaired) electrons. The number of hydrogen-bond acceptors (Lipinski definition) is 4. The summed E-state index contributed by atoms with van der Waals surface area (Å²) in [6, 6.07) is 12.3. The Morgan fingerprint density at radius 1 is 1.07 bits per heavy atom. The van der Waals surface area contributed by atoms with Gasteiger partial charge in [0, 0.05) is 24.2 Å². The number of rotatable bonds is 5. The Labute approximate surface area is 170 Å². The van der Waals surface area contributed by atoms with Gasteiger partial charge < -0.3 is 9.64 Å². The highest BCUT2D eigenvalue weighted by molar-refractivity contribution is 5.98. The van der Waals surface area contributed by atoms with Crippen LogP contribution < -0.4 is 20.5 Å². The molecule has 7 nitrogen and oxygen atoms in total. The fourth-order valence-corrected chi connectivity index (χ4v) is 3.10. The van der Waals surface area contributed by atoms with Crippen LogP contribution in [0.25, 0.3) is 0 Å². The quantitative estimate of drug-likeness (QED) is 0.762. The van der Waals surface area contributed by atoms with Crippen molar-refractivity contribution in [2.75, 3.05) is 11.4 Å². The maximum atomic E-state index is 12.3. The number of aryl methyl sites for hydroxylation is 1. The Kier molecular flexibility index (Phi) is 6.16. The maximum absolute atomic E-state index is 12.3. The fourth-order valence-electron chi connectivity index (χ4n) is 3.10. The van der Waals surface area contributed by atoms with E-state index in [-0.39, 0.29) is 5.91 Å². The lowest BCUT2D eigenvalue weighted by molar-refractivity contribution is -0.128. The van der Waals surface area contributed by atoms with E-state index in [1.54, 1.807) is 42.2 Å². The summed E-state index contributed by atoms with van der Waals surface area (Å²) in [7, 11) is 0. The molecule has 1 fully saturated rings. The van der Waals surface area contributed by atoms with Gasteiger partial charge in [0.1, 0.15) is 5.75 Å². The van der Waals surface area contributed by atoms with Crippen molar-refractivity contribution >= 4 is 23.4 Å². The van der Waals surface area contributed by atoms with E-state index < -0.39 is 17.9 Å². The molecule has 0 aromatic heterocycles. The first-order valence-electron chi connectivity index (χ1n) is 9.60. The number of nitrogens with one attached hydrogen (secondary N) is 2. The van der Waals surface area contributed by atoms with Gasteiger partial charge in [-0.15, -0.1) is 0 Å². The molecule has 1 aliphatic heterocycles. The van der Waals surface area contributed by atoms with Gasteiger partial charge in [-0.3, -0.25) is 25.2 Å². The minimum absolute atomic E-state index is 0.0901. The third kappa shape index (κ3) is 4.74. The Hall–Kier alpha value is -3.35. The summed E-state index contributed by atoms with van der Waals surface area (Å²) >= 11 is 0. The van der Waals surface area contributed by atoms with Gasteiger partial charge in [-0.05, 0) is 68.7 Å². The van der Waals surface area contributed by atoms with Crippen LogP contribution in [0.3, 0.4) is 0 Å². The molecule has 2 aromatic carbocycles. The van der Waals surface area contributed by atoms with E-state index in [0.717, 1.165) is 23.2 Å². The number of nitrogens with zero attached hydrogens (tertiary/aromatic N) is 1. The fraction of sp³-hybridized carbons (Fsp3) is 0.318. The van der Waals surface area contributed by atoms with Gasteiger partial charge in [0.25, 0.3) is 11.8 Å². The average molecular weight is 395 g/mol. The third-order valence-electron chi connectivity index (χ3n) is 5.04. The third-order valence-corrected chi connectivity index (χ3v) is 5.04. The van der Waals surface area contributed by atoms with E-state index in [2.05, 4.69) is 10.9 Å². The van der Waals surface area contributed by atoms with Gasteiger partial charge in [0.05, 0.1) is 0 Å². The molecule has 0 unspecified atom stereocenters. The Bertz CT molecular complexity index is 924. The molecule has 29 heavy (non-hydrogen) atoms. The molecule has 0 spiro atoms. The molecular formula is C22H25N3O4. The second-order valence-electron chi connectivity index (χ2n) is 7.10. The first kappa shape index (κ1) is 20.4. The molecule has 0 saturated carbocycles. The van der Waals surface area contributed by atoms with Crippen LogP contribution in [0.1, 0.15) is 41.3 Å². The topological polar surface area (TPSA) is 87.7 Å². The van der Waals surface area contributed by atoms with Crippen LogP contribution >= 0.6 is 0 Å². The van der Waals surface area contributed by atoms with Crippen LogP contribution in [0, 0.1) is 13.8 Å². The van der Waals surface area contributed by atoms with Gasteiger partial charge in [-0.25, -0.2) is 0 Å². The highest BCUT2D eigenvalue weighted by Gasteiger charge is 2.22. The predicted molar refractivity (Wildman–Crippen MR) is 110 cm³/mol. The van der Waals surface area contributed by atoms with Crippen molar-refractivity contribution in [2.45, 2.75) is 39.7 Å². The maximum Gasteiger partial charge on any atom is 0.279 e. The largest absolute Gasteiger partial charge is 0.481 e. The molecule has 152 valence electrons. The zero-order valence-electron chi connectivity index (χ0n) is 16.8. The van der Waals surface area contributed by atoms with Crippen molar-refractivity contribution < 1.29 is 19.1 Å². The highest BCUT2D eigenvalue weighted by Crippen LogP contribution is 2.22. The van der Waals surface area contributed by atoms with Crippen LogP contribution in [0.15, 0.2) is 42.5 Å². The van der Waals surface area contributed by atoms with Gasteiger partial charge in [0.15, 0.2) is 6.10 Å². The Morgan fingerprint density at radius 2 is 1.79 bits per heavy atom. The number of carbonyl (C=O) groups excluding carboxylic acids is 3. The van der Waals surface area contributed by atoms with Gasteiger partial charge in [0.2, 0.25) is 5.91 Å². The molecule has 7 heteroatoms. The number of amides is 3. The zero-order chi connectivity index (χ0) is 21.0. The number of anilines is 1. The summed E-state index contributed by atoms with van der Waals surface area (Å²) in [4.78, 5) is 38.0. The highest BCUT2D eigenvalue weighted by atomic mass is 16.5. The van der Waals surface area contributed by atoms with Crippen molar-refractivity contribution in [2.24, 2.45) is 0 Å². The predicted octanol–water partition coefficient (Wildman–Crippen LogP) is 2.66. The zero-order valence-corrected chi connectivity index (χ0v) is 16.8. The second-order valence-corrected chi connectivity index (χ2v) is 7.10. The lowest BCUT2D eigenvalue weighted by Crippen LogP contribution is -2.47. The standard InChI is InChI=1S/C22H25N3O4/c1-14-6-4-7-19(15(14)2)29-16(3)21(27)23-24-22(28)17-9-11-18(12-10-17)25-13-5-8-20(25)26/h4,6-7,9-12,16H,5,8,13H2,1-3H3,(H,23,27)(H,24,28)/t16-/m0/s1. The molecule has 1 saturated heterocycles. The van der Waals surface area contributed by atoms with E-state index in [1.807, 2.05) is 26.0 Å². The van der Waals surface area contributed by atoms with Crippen LogP contribution in [0.2, 0.25) is 0 Å². The summed E-state index contributed by atoms with van der Waals surface area (Å²) in [6.07, 6.45) is 0.616. The lowest BCUT2D eigenvalue weighted by atomic mass is 10.1. The number of hydrazine groups is 1. The molecule has 2 aromatic rings. The number of ether oxygens (including phenoxy) is 1. The molecule has 0 aliphatic carbocycles. The summed E-state index contributed by atoms with van der Waals surface area (Å²) in [5.74, 6) is -0.187. The molecule has 2 N–H and O–H groups in total. The molecule has 3 amide bonds. The van der Waals surface area contributed by atoms with Crippen LogP contribution in [-0.4, -0.2) is 30.4 Å². The van der Waals surface area contributed by atoms with E-state index >= 15 is 0 Å². The Morgan fingerprint density at radius 3 is 2.45 bits per heavy atom. The SMILES string of the molecule is Cc1cccc(O[C@@H](C)C(=O)NNC(=O)c2ccc(N3CCCC3=O)cc2)c1C. The average Bonchev–Trinajstić information content (AvgIpc) is 3.15. The van der Waals surface area contributed by atoms with Crippen molar-refractivity contribution in [3.8, 4) is 5.75 Å². The van der Waals surface area contributed by atoms with Crippen molar-refractivity contribution in [3.63, 3.8) is 0 Å². The molecular weight excluding hydrogens is 370 g/mol. The van der Waals surface area contributed by atoms with Crippen molar-refractivity contribution in [1.29, 1.82) is 0 Å². The van der Waals surface area contributed by atoms with E-state index in [9.17, 15) is 14.4 Å². The first-order chi connectivity index (χ1) is 13.9. The van der Waals surface area contributed by atoms with Crippen molar-refractivity contribution in [1.82, 2.24) is 10.9 Å². The number of benzene rings is 2. The van der Waals surface area contributed by atoms with Gasteiger partial charge in [-0.1, -0.05) is 12.1 Å². The molecule has 0 bridgehead atoms. The van der Waals surface area contributed by atoms with Crippen molar-refractivity contribution in [3.05, 3.63) is 59.2 Å². The summed E-state index contributed by atoms with van der Waals surface area (Å²) < 4.78 is 5.71. The number of hydrogen-bond donors (Lipinski definition) is 2. The smallest absolute Gasteiger partial charge is 0.279 e. The molecule has 1 atom stereocenters. The monoisotopic (exact) mass is 395 g/mol. The van der Waals surface area contributed by atoms with Crippen LogP contribution in [-0.2, 0) is 9.59 Å². The molecule has 1 heterocycles. The number of carbonyl (C=O) groups is 3. The van der Waals surface area contributed by atoms with Crippen LogP contribution in [0.4, 0.5) is 5.69 Å². The Balaban J connectivity index is 1.53. The van der Waals surface area contributed by atoms with Gasteiger partial charge >= 0.3 is 0 Å². The van der Waals surface area contributed by atoms with Crippen LogP contribution in [0.5, 0.6) is 5.75 Å². The summed E-state index contributed by atoms with van der Waals surface area (Å²) in [6.45, 7) is 6.21. The van der Waals surface area contributed by atoms with Gasteiger partial charge in [-0.2, -0.15) is 0 Å². The molecule has 3 rings (SSSR count). The second kappa shape index (κ2) is 8.77. The van der Waals surface area contributed by atoms with E-state index in [4.69, 9.17) is 4.74 Å². The summed E-state index contributed by atoms with van der Waals surface area (Å²) in [5, 5.41) is 0.